The van der Waals surface area contributed by atoms with Gasteiger partial charge in [-0.05, 0) is 43.4 Å². The number of hydrogen-bond acceptors (Lipinski definition) is 2. The minimum absolute atomic E-state index is 0.149. The predicted molar refractivity (Wildman–Crippen MR) is 67.1 cm³/mol. The van der Waals surface area contributed by atoms with E-state index in [1.165, 1.54) is 35.5 Å². The van der Waals surface area contributed by atoms with E-state index < -0.39 is 0 Å². The van der Waals surface area contributed by atoms with Crippen molar-refractivity contribution in [2.75, 3.05) is 5.75 Å². The molecule has 0 bridgehead atoms. The fraction of sp³-hybridized carbons (Fsp3) is 0.538. The molecule has 0 heterocycles. The molecular formula is C13H19NS. The third-order valence-electron chi connectivity index (χ3n) is 3.12. The first-order valence-electron chi connectivity index (χ1n) is 5.74. The third kappa shape index (κ3) is 2.99. The van der Waals surface area contributed by atoms with Crippen molar-refractivity contribution >= 4 is 11.8 Å². The van der Waals surface area contributed by atoms with Crippen LogP contribution < -0.4 is 5.73 Å². The van der Waals surface area contributed by atoms with E-state index in [1.807, 2.05) is 18.7 Å². The lowest BCUT2D eigenvalue weighted by Crippen LogP contribution is -2.13. The Balaban J connectivity index is 1.86. The van der Waals surface area contributed by atoms with Crippen LogP contribution in [0.25, 0.3) is 0 Å². The molecular weight excluding hydrogens is 202 g/mol. The molecule has 1 aromatic carbocycles. The Hall–Kier alpha value is -0.470. The predicted octanol–water partition coefficient (Wildman–Crippen LogP) is 3.60. The minimum atomic E-state index is 0.149. The normalized spacial score (nSPS) is 18.5. The Bertz CT molecular complexity index is 301. The number of nitrogens with two attached hydrogens (primary N) is 1. The molecule has 1 unspecified atom stereocenters. The lowest BCUT2D eigenvalue weighted by atomic mass is 9.87. The van der Waals surface area contributed by atoms with Crippen LogP contribution in [0.2, 0.25) is 0 Å². The zero-order chi connectivity index (χ0) is 10.7. The summed E-state index contributed by atoms with van der Waals surface area (Å²) in [7, 11) is 0. The van der Waals surface area contributed by atoms with Gasteiger partial charge in [0.1, 0.15) is 0 Å². The number of hydrogen-bond donors (Lipinski definition) is 1. The second-order valence-corrected chi connectivity index (χ2v) is 5.56. The summed E-state index contributed by atoms with van der Waals surface area (Å²) in [5.41, 5.74) is 7.03. The summed E-state index contributed by atoms with van der Waals surface area (Å²) in [5, 5.41) is 0. The fourth-order valence-electron chi connectivity index (χ4n) is 1.74. The zero-order valence-corrected chi connectivity index (χ0v) is 10.1. The van der Waals surface area contributed by atoms with Gasteiger partial charge in [-0.15, -0.1) is 11.8 Å². The van der Waals surface area contributed by atoms with Gasteiger partial charge in [-0.25, -0.2) is 0 Å². The summed E-state index contributed by atoms with van der Waals surface area (Å²) in [6.45, 7) is 2.02. The quantitative estimate of drug-likeness (QED) is 0.786. The highest BCUT2D eigenvalue weighted by Gasteiger charge is 2.17. The summed E-state index contributed by atoms with van der Waals surface area (Å²) in [5.74, 6) is 2.26. The smallest absolute Gasteiger partial charge is 0.0266 e. The molecule has 2 rings (SSSR count). The highest BCUT2D eigenvalue weighted by atomic mass is 32.2. The maximum Gasteiger partial charge on any atom is 0.0266 e. The topological polar surface area (TPSA) is 26.0 Å². The van der Waals surface area contributed by atoms with Crippen LogP contribution >= 0.6 is 11.8 Å². The molecule has 1 fully saturated rings. The second kappa shape index (κ2) is 5.04. The van der Waals surface area contributed by atoms with Crippen molar-refractivity contribution < 1.29 is 0 Å². The fourth-order valence-corrected chi connectivity index (χ4v) is 2.83. The lowest BCUT2D eigenvalue weighted by Gasteiger charge is -2.24. The Morgan fingerprint density at radius 1 is 1.33 bits per heavy atom. The van der Waals surface area contributed by atoms with E-state index in [0.717, 1.165) is 5.92 Å². The first-order valence-corrected chi connectivity index (χ1v) is 6.72. The summed E-state index contributed by atoms with van der Waals surface area (Å²) < 4.78 is 0. The van der Waals surface area contributed by atoms with E-state index in [1.54, 1.807) is 0 Å². The molecule has 0 saturated heterocycles. The first kappa shape index (κ1) is 11.0. The van der Waals surface area contributed by atoms with Crippen molar-refractivity contribution in [1.82, 2.24) is 0 Å². The standard InChI is InChI=1S/C13H19NS/c1-10(14)12-5-7-13(8-6-12)15-9-11-3-2-4-11/h5-8,10-11H,2-4,9,14H2,1H3. The second-order valence-electron chi connectivity index (χ2n) is 4.47. The van der Waals surface area contributed by atoms with E-state index in [9.17, 15) is 0 Å². The third-order valence-corrected chi connectivity index (χ3v) is 4.36. The van der Waals surface area contributed by atoms with Gasteiger partial charge >= 0.3 is 0 Å². The lowest BCUT2D eigenvalue weighted by molar-refractivity contribution is 0.353. The van der Waals surface area contributed by atoms with Crippen LogP contribution in [0.4, 0.5) is 0 Å². The Labute approximate surface area is 96.4 Å². The molecule has 15 heavy (non-hydrogen) atoms. The number of benzene rings is 1. The summed E-state index contributed by atoms with van der Waals surface area (Å²) in [4.78, 5) is 1.38. The zero-order valence-electron chi connectivity index (χ0n) is 9.28. The van der Waals surface area contributed by atoms with Gasteiger partial charge < -0.3 is 5.73 Å². The van der Waals surface area contributed by atoms with Crippen molar-refractivity contribution in [3.8, 4) is 0 Å². The molecule has 0 spiro atoms. The highest BCUT2D eigenvalue weighted by Crippen LogP contribution is 2.32. The maximum atomic E-state index is 5.81. The molecule has 1 nitrogen and oxygen atoms in total. The van der Waals surface area contributed by atoms with Crippen molar-refractivity contribution in [2.24, 2.45) is 11.7 Å². The molecule has 1 aliphatic carbocycles. The van der Waals surface area contributed by atoms with E-state index in [2.05, 4.69) is 24.3 Å². The van der Waals surface area contributed by atoms with E-state index in [-0.39, 0.29) is 6.04 Å². The van der Waals surface area contributed by atoms with Gasteiger partial charge in [0.15, 0.2) is 0 Å². The first-order chi connectivity index (χ1) is 7.25. The van der Waals surface area contributed by atoms with E-state index in [4.69, 9.17) is 5.73 Å². The van der Waals surface area contributed by atoms with Crippen LogP contribution in [0.15, 0.2) is 29.2 Å². The largest absolute Gasteiger partial charge is 0.324 e. The molecule has 82 valence electrons. The van der Waals surface area contributed by atoms with Gasteiger partial charge in [0, 0.05) is 16.7 Å². The van der Waals surface area contributed by atoms with E-state index >= 15 is 0 Å². The molecule has 0 aromatic heterocycles. The summed E-state index contributed by atoms with van der Waals surface area (Å²) in [6.07, 6.45) is 4.31. The Morgan fingerprint density at radius 3 is 2.47 bits per heavy atom. The van der Waals surface area contributed by atoms with Crippen LogP contribution in [0.5, 0.6) is 0 Å². The number of thioether (sulfide) groups is 1. The van der Waals surface area contributed by atoms with Crippen LogP contribution in [0, 0.1) is 5.92 Å². The molecule has 0 radical (unpaired) electrons. The van der Waals surface area contributed by atoms with Gasteiger partial charge in [0.25, 0.3) is 0 Å². The molecule has 0 amide bonds. The summed E-state index contributed by atoms with van der Waals surface area (Å²) in [6, 6.07) is 8.83. The van der Waals surface area contributed by atoms with Gasteiger partial charge in [0.05, 0.1) is 0 Å². The molecule has 2 N–H and O–H groups in total. The highest BCUT2D eigenvalue weighted by molar-refractivity contribution is 7.99. The minimum Gasteiger partial charge on any atom is -0.324 e. The van der Waals surface area contributed by atoms with Gasteiger partial charge in [0.2, 0.25) is 0 Å². The summed E-state index contributed by atoms with van der Waals surface area (Å²) >= 11 is 1.98. The molecule has 1 aromatic rings. The van der Waals surface area contributed by atoms with Crippen molar-refractivity contribution in [3.05, 3.63) is 29.8 Å². The van der Waals surface area contributed by atoms with E-state index in [0.29, 0.717) is 0 Å². The van der Waals surface area contributed by atoms with Crippen LogP contribution in [0.1, 0.15) is 37.8 Å². The maximum absolute atomic E-state index is 5.81. The molecule has 1 saturated carbocycles. The average molecular weight is 221 g/mol. The van der Waals surface area contributed by atoms with Crippen molar-refractivity contribution in [1.29, 1.82) is 0 Å². The van der Waals surface area contributed by atoms with Gasteiger partial charge in [-0.2, -0.15) is 0 Å². The SMILES string of the molecule is CC(N)c1ccc(SCC2CCC2)cc1. The Morgan fingerprint density at radius 2 is 2.00 bits per heavy atom. The molecule has 1 aliphatic rings. The van der Waals surface area contributed by atoms with Gasteiger partial charge in [-0.3, -0.25) is 0 Å². The van der Waals surface area contributed by atoms with Crippen LogP contribution in [-0.4, -0.2) is 5.75 Å². The monoisotopic (exact) mass is 221 g/mol. The van der Waals surface area contributed by atoms with Crippen LogP contribution in [0.3, 0.4) is 0 Å². The van der Waals surface area contributed by atoms with Crippen molar-refractivity contribution in [3.63, 3.8) is 0 Å². The molecule has 1 atom stereocenters. The Kier molecular flexibility index (Phi) is 3.71. The average Bonchev–Trinajstić information content (AvgIpc) is 2.16. The molecule has 2 heteroatoms. The van der Waals surface area contributed by atoms with Crippen molar-refractivity contribution in [2.45, 2.75) is 37.1 Å². The molecule has 0 aliphatic heterocycles. The number of rotatable bonds is 4. The van der Waals surface area contributed by atoms with Crippen LogP contribution in [-0.2, 0) is 0 Å². The van der Waals surface area contributed by atoms with Gasteiger partial charge in [-0.1, -0.05) is 18.6 Å².